The molecule has 1 aromatic rings. The molecule has 0 aliphatic carbocycles. The third-order valence-electron chi connectivity index (χ3n) is 1.64. The summed E-state index contributed by atoms with van der Waals surface area (Å²) in [5.74, 6) is 1.31. The van der Waals surface area contributed by atoms with Gasteiger partial charge in [0.05, 0.1) is 12.8 Å². The van der Waals surface area contributed by atoms with E-state index < -0.39 is 0 Å². The molecule has 4 heteroatoms. The van der Waals surface area contributed by atoms with Crippen LogP contribution in [0.4, 0.5) is 0 Å². The lowest BCUT2D eigenvalue weighted by Gasteiger charge is -1.87. The highest BCUT2D eigenvalue weighted by Crippen LogP contribution is 2.09. The van der Waals surface area contributed by atoms with Crippen LogP contribution in [0.15, 0.2) is 11.0 Å². The standard InChI is InChI=1S/C7H9NO.C4H8O2/c1-4-7-5(2)8-6(3)9-7;1-3-4(5)6-2/h4H,1H2,2-3H3;3H2,1-2H3. The molecule has 1 rings (SSSR count). The molecule has 0 radical (unpaired) electrons. The lowest BCUT2D eigenvalue weighted by Crippen LogP contribution is -1.94. The first-order valence-corrected chi connectivity index (χ1v) is 4.68. The van der Waals surface area contributed by atoms with Crippen LogP contribution in [0.3, 0.4) is 0 Å². The van der Waals surface area contributed by atoms with Crippen molar-refractivity contribution in [3.63, 3.8) is 0 Å². The van der Waals surface area contributed by atoms with Gasteiger partial charge in [-0.15, -0.1) is 0 Å². The van der Waals surface area contributed by atoms with E-state index in [4.69, 9.17) is 4.42 Å². The maximum atomic E-state index is 9.96. The second-order valence-electron chi connectivity index (χ2n) is 2.82. The van der Waals surface area contributed by atoms with Crippen molar-refractivity contribution < 1.29 is 13.9 Å². The molecule has 84 valence electrons. The van der Waals surface area contributed by atoms with E-state index in [2.05, 4.69) is 16.3 Å². The zero-order valence-corrected chi connectivity index (χ0v) is 9.66. The highest BCUT2D eigenvalue weighted by atomic mass is 16.5. The first kappa shape index (κ1) is 13.4. The number of aromatic nitrogens is 1. The van der Waals surface area contributed by atoms with Crippen LogP contribution in [0.2, 0.25) is 0 Å². The second kappa shape index (κ2) is 6.81. The number of methoxy groups -OCH3 is 1. The van der Waals surface area contributed by atoms with Crippen LogP contribution >= 0.6 is 0 Å². The Kier molecular flexibility index (Phi) is 6.09. The van der Waals surface area contributed by atoms with Crippen LogP contribution in [0.25, 0.3) is 6.08 Å². The zero-order chi connectivity index (χ0) is 11.8. The van der Waals surface area contributed by atoms with Crippen molar-refractivity contribution in [1.29, 1.82) is 0 Å². The largest absolute Gasteiger partial charge is 0.469 e. The number of hydrogen-bond acceptors (Lipinski definition) is 4. The molecule has 0 bridgehead atoms. The van der Waals surface area contributed by atoms with E-state index in [1.807, 2.05) is 13.8 Å². The van der Waals surface area contributed by atoms with Gasteiger partial charge in [0.2, 0.25) is 0 Å². The summed E-state index contributed by atoms with van der Waals surface area (Å²) in [6.45, 7) is 9.04. The van der Waals surface area contributed by atoms with Gasteiger partial charge in [-0.2, -0.15) is 0 Å². The first-order valence-electron chi connectivity index (χ1n) is 4.68. The van der Waals surface area contributed by atoms with E-state index in [0.717, 1.165) is 11.5 Å². The predicted octanol–water partition coefficient (Wildman–Crippen LogP) is 2.50. The van der Waals surface area contributed by atoms with Crippen molar-refractivity contribution in [1.82, 2.24) is 4.98 Å². The van der Waals surface area contributed by atoms with Crippen LogP contribution < -0.4 is 0 Å². The minimum atomic E-state index is -0.157. The van der Waals surface area contributed by atoms with Crippen molar-refractivity contribution in [2.45, 2.75) is 27.2 Å². The maximum absolute atomic E-state index is 9.96. The van der Waals surface area contributed by atoms with Crippen LogP contribution in [0.1, 0.15) is 30.7 Å². The van der Waals surface area contributed by atoms with E-state index in [1.54, 1.807) is 13.0 Å². The number of carbonyl (C=O) groups is 1. The third kappa shape index (κ3) is 5.00. The molecule has 0 saturated carbocycles. The van der Waals surface area contributed by atoms with Gasteiger partial charge in [-0.05, 0) is 13.0 Å². The monoisotopic (exact) mass is 211 g/mol. The van der Waals surface area contributed by atoms with Gasteiger partial charge in [-0.3, -0.25) is 4.79 Å². The SMILES string of the molecule is C=Cc1oc(C)nc1C.CCC(=O)OC. The number of esters is 1. The summed E-state index contributed by atoms with van der Waals surface area (Å²) < 4.78 is 9.39. The molecular weight excluding hydrogens is 194 g/mol. The fourth-order valence-electron chi connectivity index (χ4n) is 0.881. The normalized spacial score (nSPS) is 8.80. The molecule has 0 saturated heterocycles. The van der Waals surface area contributed by atoms with Crippen LogP contribution in [0, 0.1) is 13.8 Å². The van der Waals surface area contributed by atoms with Crippen molar-refractivity contribution in [3.05, 3.63) is 23.9 Å². The third-order valence-corrected chi connectivity index (χ3v) is 1.64. The van der Waals surface area contributed by atoms with Gasteiger partial charge in [0, 0.05) is 13.3 Å². The molecule has 0 aliphatic heterocycles. The summed E-state index contributed by atoms with van der Waals surface area (Å²) >= 11 is 0. The summed E-state index contributed by atoms with van der Waals surface area (Å²) in [5.41, 5.74) is 0.905. The molecule has 0 fully saturated rings. The maximum Gasteiger partial charge on any atom is 0.305 e. The molecule has 0 aromatic carbocycles. The van der Waals surface area contributed by atoms with E-state index in [-0.39, 0.29) is 5.97 Å². The molecule has 1 heterocycles. The Morgan fingerprint density at radius 2 is 2.20 bits per heavy atom. The summed E-state index contributed by atoms with van der Waals surface area (Å²) in [7, 11) is 1.38. The number of hydrogen-bond donors (Lipinski definition) is 0. The minimum absolute atomic E-state index is 0.157. The average molecular weight is 211 g/mol. The van der Waals surface area contributed by atoms with Gasteiger partial charge in [0.25, 0.3) is 0 Å². The molecule has 0 spiro atoms. The van der Waals surface area contributed by atoms with Gasteiger partial charge in [-0.1, -0.05) is 13.5 Å². The molecule has 4 nitrogen and oxygen atoms in total. The molecule has 0 N–H and O–H groups in total. The van der Waals surface area contributed by atoms with E-state index in [1.165, 1.54) is 7.11 Å². The predicted molar refractivity (Wildman–Crippen MR) is 58.4 cm³/mol. The fraction of sp³-hybridized carbons (Fsp3) is 0.455. The molecule has 1 aromatic heterocycles. The number of aryl methyl sites for hydroxylation is 2. The summed E-state index contributed by atoms with van der Waals surface area (Å²) in [6.07, 6.45) is 2.13. The molecule has 0 amide bonds. The Balaban J connectivity index is 0.000000288. The Labute approximate surface area is 90.0 Å². The number of nitrogens with zero attached hydrogens (tertiary/aromatic N) is 1. The molecule has 0 aliphatic rings. The second-order valence-corrected chi connectivity index (χ2v) is 2.82. The highest BCUT2D eigenvalue weighted by Gasteiger charge is 1.99. The van der Waals surface area contributed by atoms with E-state index >= 15 is 0 Å². The van der Waals surface area contributed by atoms with Crippen LogP contribution in [0.5, 0.6) is 0 Å². The molecule has 0 unspecified atom stereocenters. The zero-order valence-electron chi connectivity index (χ0n) is 9.66. The van der Waals surface area contributed by atoms with Gasteiger partial charge in [0.1, 0.15) is 5.76 Å². The van der Waals surface area contributed by atoms with Gasteiger partial charge in [0.15, 0.2) is 5.89 Å². The van der Waals surface area contributed by atoms with Crippen LogP contribution in [-0.4, -0.2) is 18.1 Å². The van der Waals surface area contributed by atoms with Gasteiger partial charge in [-0.25, -0.2) is 4.98 Å². The van der Waals surface area contributed by atoms with Crippen molar-refractivity contribution in [2.24, 2.45) is 0 Å². The summed E-state index contributed by atoms with van der Waals surface area (Å²) in [6, 6.07) is 0. The van der Waals surface area contributed by atoms with Gasteiger partial charge < -0.3 is 9.15 Å². The lowest BCUT2D eigenvalue weighted by atomic mass is 10.4. The molecule has 0 atom stereocenters. The Morgan fingerprint density at radius 3 is 2.33 bits per heavy atom. The summed E-state index contributed by atoms with van der Waals surface area (Å²) in [4.78, 5) is 14.0. The number of carbonyl (C=O) groups excluding carboxylic acids is 1. The summed E-state index contributed by atoms with van der Waals surface area (Å²) in [5, 5.41) is 0. The van der Waals surface area contributed by atoms with E-state index in [9.17, 15) is 4.79 Å². The van der Waals surface area contributed by atoms with E-state index in [0.29, 0.717) is 12.3 Å². The Morgan fingerprint density at radius 1 is 1.60 bits per heavy atom. The number of oxazole rings is 1. The topological polar surface area (TPSA) is 52.3 Å². The van der Waals surface area contributed by atoms with Crippen molar-refractivity contribution in [2.75, 3.05) is 7.11 Å². The van der Waals surface area contributed by atoms with Gasteiger partial charge >= 0.3 is 5.97 Å². The highest BCUT2D eigenvalue weighted by molar-refractivity contribution is 5.68. The number of ether oxygens (including phenoxy) is 1. The quantitative estimate of drug-likeness (QED) is 0.705. The van der Waals surface area contributed by atoms with Crippen LogP contribution in [-0.2, 0) is 9.53 Å². The molecular formula is C11H17NO3. The van der Waals surface area contributed by atoms with Crippen molar-refractivity contribution >= 4 is 12.0 Å². The fourth-order valence-corrected chi connectivity index (χ4v) is 0.881. The van der Waals surface area contributed by atoms with Crippen molar-refractivity contribution in [3.8, 4) is 0 Å². The Hall–Kier alpha value is -1.58. The Bertz CT molecular complexity index is 323. The average Bonchev–Trinajstić information content (AvgIpc) is 2.56. The smallest absolute Gasteiger partial charge is 0.305 e. The number of rotatable bonds is 2. The first-order chi connectivity index (χ1) is 7.04. The lowest BCUT2D eigenvalue weighted by molar-refractivity contribution is -0.140. The molecule has 15 heavy (non-hydrogen) atoms. The minimum Gasteiger partial charge on any atom is -0.469 e.